The Morgan fingerprint density at radius 2 is 1.49 bits per heavy atom. The number of urea groups is 1. The molecule has 2 heterocycles. The second kappa shape index (κ2) is 25.7. The molecule has 286 valence electrons. The molecule has 51 heavy (non-hydrogen) atoms. The molecule has 7 nitrogen and oxygen atoms in total. The van der Waals surface area contributed by atoms with E-state index in [0.717, 1.165) is 48.9 Å². The summed E-state index contributed by atoms with van der Waals surface area (Å²) in [7, 11) is 3.18. The third-order valence-electron chi connectivity index (χ3n) is 8.40. The maximum Gasteiger partial charge on any atom is 0.326 e. The van der Waals surface area contributed by atoms with Crippen molar-refractivity contribution in [3.63, 3.8) is 0 Å². The summed E-state index contributed by atoms with van der Waals surface area (Å²) in [6.07, 6.45) is 5.26. The molecule has 2 aliphatic heterocycles. The van der Waals surface area contributed by atoms with Gasteiger partial charge in [-0.25, -0.2) is 13.6 Å². The summed E-state index contributed by atoms with van der Waals surface area (Å²) in [6.45, 7) is 18.0. The first-order valence-electron chi connectivity index (χ1n) is 18.3. The second-order valence-corrected chi connectivity index (χ2v) is 12.6. The number of amidine groups is 1. The van der Waals surface area contributed by atoms with Crippen molar-refractivity contribution >= 4 is 26.4 Å². The quantitative estimate of drug-likeness (QED) is 0.174. The van der Waals surface area contributed by atoms with Crippen LogP contribution in [0.5, 0.6) is 5.75 Å². The first kappa shape index (κ1) is 45.8. The van der Waals surface area contributed by atoms with Crippen molar-refractivity contribution in [2.24, 2.45) is 4.99 Å². The average Bonchev–Trinajstić information content (AvgIpc) is 3.56. The number of phenolic OH excluding ortho intramolecular Hbond substituents is 1. The highest BCUT2D eigenvalue weighted by Gasteiger charge is 2.44. The zero-order valence-corrected chi connectivity index (χ0v) is 33.2. The van der Waals surface area contributed by atoms with Gasteiger partial charge in [0.05, 0.1) is 19.8 Å². The molecule has 1 N–H and O–H groups in total. The fourth-order valence-corrected chi connectivity index (χ4v) is 5.53. The van der Waals surface area contributed by atoms with E-state index in [1.165, 1.54) is 25.8 Å². The van der Waals surface area contributed by atoms with Crippen molar-refractivity contribution in [3.05, 3.63) is 83.0 Å². The minimum absolute atomic E-state index is 0.0867. The zero-order chi connectivity index (χ0) is 38.3. The first-order valence-corrected chi connectivity index (χ1v) is 18.9. The van der Waals surface area contributed by atoms with Crippen LogP contribution in [0.25, 0.3) is 0 Å². The number of halogens is 3. The van der Waals surface area contributed by atoms with Crippen molar-refractivity contribution < 1.29 is 27.8 Å². The topological polar surface area (TPSA) is 68.6 Å². The number of nitrogens with zero attached hydrogens (tertiary/aromatic N) is 4. The SMILES string of the molecule is CC.CCCC.CCCCN1CCN(C(=O)N2C(/C(=C/C=C(\C)C(F)F)COCC)=NC(c3ccc(P)cc3)C2c2ccc(O)cc2)CC1.CF. The number of amides is 2. The molecule has 0 radical (unpaired) electrons. The number of aliphatic imine (C=N–C) groups is 1. The summed E-state index contributed by atoms with van der Waals surface area (Å²) >= 11 is 0. The van der Waals surface area contributed by atoms with Crippen LogP contribution in [0.15, 0.2) is 76.8 Å². The van der Waals surface area contributed by atoms with E-state index in [1.807, 2.05) is 62.1 Å². The molecular weight excluding hydrogens is 672 g/mol. The van der Waals surface area contributed by atoms with Gasteiger partial charge in [-0.2, -0.15) is 0 Å². The third kappa shape index (κ3) is 14.4. The van der Waals surface area contributed by atoms with Gasteiger partial charge in [0, 0.05) is 38.4 Å². The smallest absolute Gasteiger partial charge is 0.326 e. The summed E-state index contributed by atoms with van der Waals surface area (Å²) in [5.74, 6) is 0.528. The second-order valence-electron chi connectivity index (χ2n) is 12.0. The number of rotatable bonds is 12. The summed E-state index contributed by atoms with van der Waals surface area (Å²) in [6, 6.07) is 13.6. The Hall–Kier alpha value is -3.20. The lowest BCUT2D eigenvalue weighted by molar-refractivity contribution is 0.118. The van der Waals surface area contributed by atoms with E-state index in [1.54, 1.807) is 23.1 Å². The van der Waals surface area contributed by atoms with Gasteiger partial charge in [0.2, 0.25) is 0 Å². The lowest BCUT2D eigenvalue weighted by Gasteiger charge is -2.39. The Balaban J connectivity index is 0.00000149. The maximum atomic E-state index is 14.5. The van der Waals surface area contributed by atoms with Crippen LogP contribution >= 0.6 is 9.24 Å². The molecule has 11 heteroatoms. The highest BCUT2D eigenvalue weighted by Crippen LogP contribution is 2.44. The molecule has 1 fully saturated rings. The van der Waals surface area contributed by atoms with Gasteiger partial charge in [0.25, 0.3) is 6.43 Å². The molecule has 4 rings (SSSR count). The van der Waals surface area contributed by atoms with Gasteiger partial charge in [-0.15, -0.1) is 9.24 Å². The Morgan fingerprint density at radius 3 is 2.00 bits per heavy atom. The summed E-state index contributed by atoms with van der Waals surface area (Å²) in [5, 5.41) is 11.1. The number of allylic oxidation sites excluding steroid dienone is 3. The number of carbonyl (C=O) groups excluding carboxylic acids is 1. The van der Waals surface area contributed by atoms with Gasteiger partial charge >= 0.3 is 6.03 Å². The number of alkyl halides is 3. The minimum atomic E-state index is -2.60. The Morgan fingerprint density at radius 1 is 0.922 bits per heavy atom. The predicted octanol–water partition coefficient (Wildman–Crippen LogP) is 9.52. The van der Waals surface area contributed by atoms with E-state index in [0.29, 0.717) is 38.3 Å². The van der Waals surface area contributed by atoms with Crippen LogP contribution in [0.1, 0.15) is 97.4 Å². The van der Waals surface area contributed by atoms with Crippen molar-refractivity contribution in [1.82, 2.24) is 14.7 Å². The molecule has 0 bridgehead atoms. The Bertz CT molecular complexity index is 1340. The van der Waals surface area contributed by atoms with Crippen LogP contribution in [0.4, 0.5) is 18.0 Å². The maximum absolute atomic E-state index is 14.5. The molecule has 0 spiro atoms. The van der Waals surface area contributed by atoms with Gasteiger partial charge in [-0.1, -0.05) is 102 Å². The highest BCUT2D eigenvalue weighted by molar-refractivity contribution is 7.27. The summed E-state index contributed by atoms with van der Waals surface area (Å²) in [5.41, 5.74) is 2.18. The average molecular weight is 735 g/mol. The molecule has 2 aliphatic rings. The number of unbranched alkanes of at least 4 members (excludes halogenated alkanes) is 2. The van der Waals surface area contributed by atoms with Crippen LogP contribution < -0.4 is 5.30 Å². The zero-order valence-electron chi connectivity index (χ0n) is 32.0. The van der Waals surface area contributed by atoms with Gasteiger partial charge in [-0.05, 0) is 61.0 Å². The van der Waals surface area contributed by atoms with E-state index < -0.39 is 18.5 Å². The molecule has 3 unspecified atom stereocenters. The molecule has 1 saturated heterocycles. The molecule has 2 aromatic rings. The van der Waals surface area contributed by atoms with E-state index >= 15 is 0 Å². The standard InChI is InChI=1S/C33H43F2N4O3P.C4H10.C2H6.CH3F/c1-4-6-17-37-18-20-38(21-19-37)33(41)39-30(25-9-13-27(40)14-10-25)29(24-11-15-28(43)16-12-24)36-32(39)26(22-42-5-2)8-7-23(3)31(34)35;1-3-4-2;2*1-2/h7-16,29-31,40H,4-6,17-22,43H2,1-3H3;3-4H2,1-2H3;1-2H3;1H3/b23-7+,26-8+;;;. The molecule has 0 aromatic heterocycles. The number of ether oxygens (including phenoxy) is 1. The van der Waals surface area contributed by atoms with Crippen molar-refractivity contribution in [2.45, 2.75) is 92.7 Å². The fraction of sp³-hybridized carbons (Fsp3) is 0.550. The monoisotopic (exact) mass is 734 g/mol. The number of piperazine rings is 1. The van der Waals surface area contributed by atoms with Gasteiger partial charge in [-0.3, -0.25) is 19.2 Å². The van der Waals surface area contributed by atoms with E-state index in [9.17, 15) is 23.1 Å². The van der Waals surface area contributed by atoms with Crippen molar-refractivity contribution in [2.75, 3.05) is 53.1 Å². The van der Waals surface area contributed by atoms with E-state index in [-0.39, 0.29) is 24.0 Å². The minimum Gasteiger partial charge on any atom is -0.508 e. The molecule has 0 aliphatic carbocycles. The lowest BCUT2D eigenvalue weighted by atomic mass is 9.93. The number of carbonyl (C=O) groups is 1. The van der Waals surface area contributed by atoms with Gasteiger partial charge in [0.1, 0.15) is 17.6 Å². The third-order valence-corrected chi connectivity index (χ3v) is 8.78. The largest absolute Gasteiger partial charge is 0.508 e. The van der Waals surface area contributed by atoms with Crippen LogP contribution in [-0.2, 0) is 4.74 Å². The summed E-state index contributed by atoms with van der Waals surface area (Å²) < 4.78 is 42.2. The molecule has 0 saturated carbocycles. The van der Waals surface area contributed by atoms with Gasteiger partial charge in [0.15, 0.2) is 0 Å². The van der Waals surface area contributed by atoms with Crippen molar-refractivity contribution in [1.29, 1.82) is 0 Å². The molecule has 2 amide bonds. The van der Waals surface area contributed by atoms with Crippen LogP contribution in [-0.4, -0.2) is 91.2 Å². The van der Waals surface area contributed by atoms with E-state index in [2.05, 4.69) is 34.9 Å². The predicted molar refractivity (Wildman–Crippen MR) is 210 cm³/mol. The van der Waals surface area contributed by atoms with Crippen LogP contribution in [0.2, 0.25) is 0 Å². The van der Waals surface area contributed by atoms with Crippen LogP contribution in [0.3, 0.4) is 0 Å². The highest BCUT2D eigenvalue weighted by atomic mass is 31.0. The number of hydrogen-bond acceptors (Lipinski definition) is 5. The lowest BCUT2D eigenvalue weighted by Crippen LogP contribution is -2.54. The Labute approximate surface area is 307 Å². The fourth-order valence-electron chi connectivity index (χ4n) is 5.34. The molecule has 3 atom stereocenters. The first-order chi connectivity index (χ1) is 24.6. The Kier molecular flexibility index (Phi) is 23.1. The summed E-state index contributed by atoms with van der Waals surface area (Å²) in [4.78, 5) is 25.6. The normalized spacial score (nSPS) is 17.9. The van der Waals surface area contributed by atoms with E-state index in [4.69, 9.17) is 9.73 Å². The number of benzene rings is 2. The van der Waals surface area contributed by atoms with Crippen molar-refractivity contribution in [3.8, 4) is 5.75 Å². The number of phenols is 1. The number of aromatic hydroxyl groups is 1. The molecule has 2 aromatic carbocycles. The number of hydrogen-bond donors (Lipinski definition) is 1. The molecular formula is C40H62F3N4O3P. The van der Waals surface area contributed by atoms with Gasteiger partial charge < -0.3 is 14.7 Å². The van der Waals surface area contributed by atoms with Crippen LogP contribution in [0, 0.1) is 0 Å².